The van der Waals surface area contributed by atoms with Gasteiger partial charge in [-0.2, -0.15) is 0 Å². The first-order valence-corrected chi connectivity index (χ1v) is 11.5. The molecule has 1 aromatic carbocycles. The summed E-state index contributed by atoms with van der Waals surface area (Å²) in [5.41, 5.74) is 2.82. The van der Waals surface area contributed by atoms with Crippen LogP contribution in [0.4, 0.5) is 5.82 Å². The standard InChI is InChI=1S/C25H33N3O2/c1-30-21-14-12-19(13-15-21)22-17-26-25(24(27-22)20-10-6-3-7-11-20)28-23(29)16-18-8-4-2-5-9-18/h12-15,17-18,20H,2-11,16H2,1H3,(H,26,28,29). The van der Waals surface area contributed by atoms with E-state index in [1.807, 2.05) is 24.3 Å². The monoisotopic (exact) mass is 407 g/mol. The smallest absolute Gasteiger partial charge is 0.225 e. The Kier molecular flexibility index (Phi) is 6.98. The second-order valence-electron chi connectivity index (χ2n) is 8.81. The van der Waals surface area contributed by atoms with E-state index < -0.39 is 0 Å². The minimum Gasteiger partial charge on any atom is -0.497 e. The highest BCUT2D eigenvalue weighted by atomic mass is 16.5. The minimum absolute atomic E-state index is 0.0884. The molecule has 2 aliphatic carbocycles. The molecule has 2 fully saturated rings. The van der Waals surface area contributed by atoms with Crippen LogP contribution in [0.15, 0.2) is 30.5 Å². The van der Waals surface area contributed by atoms with E-state index in [1.54, 1.807) is 13.3 Å². The molecule has 2 saturated carbocycles. The van der Waals surface area contributed by atoms with Gasteiger partial charge in [0.25, 0.3) is 0 Å². The summed E-state index contributed by atoms with van der Waals surface area (Å²) in [5, 5.41) is 3.12. The number of nitrogens with zero attached hydrogens (tertiary/aromatic N) is 2. The fourth-order valence-corrected chi connectivity index (χ4v) is 4.90. The number of ether oxygens (including phenoxy) is 1. The number of nitrogens with one attached hydrogen (secondary N) is 1. The Balaban J connectivity index is 1.55. The highest BCUT2D eigenvalue weighted by Gasteiger charge is 2.24. The summed E-state index contributed by atoms with van der Waals surface area (Å²) in [5.74, 6) is 2.47. The number of aromatic nitrogens is 2. The van der Waals surface area contributed by atoms with Gasteiger partial charge in [0.05, 0.1) is 24.7 Å². The molecule has 0 spiro atoms. The van der Waals surface area contributed by atoms with Gasteiger partial charge in [0.2, 0.25) is 5.91 Å². The third-order valence-corrected chi connectivity index (χ3v) is 6.63. The molecule has 1 heterocycles. The number of rotatable bonds is 6. The van der Waals surface area contributed by atoms with Crippen LogP contribution in [0.25, 0.3) is 11.3 Å². The first-order chi connectivity index (χ1) is 14.7. The van der Waals surface area contributed by atoms with Gasteiger partial charge in [-0.3, -0.25) is 4.79 Å². The second kappa shape index (κ2) is 10.1. The summed E-state index contributed by atoms with van der Waals surface area (Å²) in [7, 11) is 1.67. The molecule has 1 amide bonds. The molecule has 0 saturated heterocycles. The lowest BCUT2D eigenvalue weighted by molar-refractivity contribution is -0.117. The SMILES string of the molecule is COc1ccc(-c2cnc(NC(=O)CC3CCCCC3)c(C3CCCCC3)n2)cc1. The number of carbonyl (C=O) groups excluding carboxylic acids is 1. The highest BCUT2D eigenvalue weighted by Crippen LogP contribution is 2.36. The van der Waals surface area contributed by atoms with Gasteiger partial charge in [0, 0.05) is 17.9 Å². The number of amides is 1. The van der Waals surface area contributed by atoms with Crippen molar-refractivity contribution in [3.63, 3.8) is 0 Å². The van der Waals surface area contributed by atoms with E-state index in [9.17, 15) is 4.79 Å². The largest absolute Gasteiger partial charge is 0.497 e. The van der Waals surface area contributed by atoms with Crippen molar-refractivity contribution in [3.8, 4) is 17.0 Å². The molecule has 0 radical (unpaired) electrons. The van der Waals surface area contributed by atoms with Crippen molar-refractivity contribution < 1.29 is 9.53 Å². The molecular formula is C25H33N3O2. The number of hydrogen-bond donors (Lipinski definition) is 1. The van der Waals surface area contributed by atoms with Crippen molar-refractivity contribution >= 4 is 11.7 Å². The molecule has 2 aliphatic rings. The van der Waals surface area contributed by atoms with Gasteiger partial charge in [0.15, 0.2) is 5.82 Å². The maximum absolute atomic E-state index is 12.7. The lowest BCUT2D eigenvalue weighted by atomic mass is 9.86. The lowest BCUT2D eigenvalue weighted by Crippen LogP contribution is -2.21. The van der Waals surface area contributed by atoms with Crippen LogP contribution in [0.5, 0.6) is 5.75 Å². The molecular weight excluding hydrogens is 374 g/mol. The van der Waals surface area contributed by atoms with Gasteiger partial charge < -0.3 is 10.1 Å². The average Bonchev–Trinajstić information content (AvgIpc) is 2.80. The van der Waals surface area contributed by atoms with Crippen molar-refractivity contribution in [1.29, 1.82) is 0 Å². The molecule has 0 atom stereocenters. The van der Waals surface area contributed by atoms with Gasteiger partial charge in [0.1, 0.15) is 5.75 Å². The van der Waals surface area contributed by atoms with E-state index in [4.69, 9.17) is 9.72 Å². The predicted octanol–water partition coefficient (Wildman–Crippen LogP) is 6.11. The molecule has 1 aromatic heterocycles. The number of methoxy groups -OCH3 is 1. The number of benzene rings is 1. The van der Waals surface area contributed by atoms with Crippen LogP contribution >= 0.6 is 0 Å². The van der Waals surface area contributed by atoms with E-state index in [0.29, 0.717) is 24.1 Å². The maximum Gasteiger partial charge on any atom is 0.225 e. The van der Waals surface area contributed by atoms with Gasteiger partial charge in [-0.25, -0.2) is 9.97 Å². The van der Waals surface area contributed by atoms with Crippen molar-refractivity contribution in [2.45, 2.75) is 76.5 Å². The van der Waals surface area contributed by atoms with Crippen LogP contribution in [0.3, 0.4) is 0 Å². The Morgan fingerprint density at radius 3 is 2.33 bits per heavy atom. The van der Waals surface area contributed by atoms with E-state index in [-0.39, 0.29) is 5.91 Å². The van der Waals surface area contributed by atoms with Crippen molar-refractivity contribution in [3.05, 3.63) is 36.2 Å². The molecule has 160 valence electrons. The van der Waals surface area contributed by atoms with Gasteiger partial charge >= 0.3 is 0 Å². The van der Waals surface area contributed by atoms with E-state index in [0.717, 1.165) is 35.5 Å². The number of carbonyl (C=O) groups is 1. The average molecular weight is 408 g/mol. The Morgan fingerprint density at radius 2 is 1.67 bits per heavy atom. The molecule has 5 nitrogen and oxygen atoms in total. The summed E-state index contributed by atoms with van der Waals surface area (Å²) in [6, 6.07) is 7.90. The molecule has 4 rings (SSSR count). The van der Waals surface area contributed by atoms with Gasteiger partial charge in [-0.05, 0) is 55.9 Å². The predicted molar refractivity (Wildman–Crippen MR) is 120 cm³/mol. The van der Waals surface area contributed by atoms with E-state index >= 15 is 0 Å². The van der Waals surface area contributed by atoms with Gasteiger partial charge in [-0.15, -0.1) is 0 Å². The van der Waals surface area contributed by atoms with E-state index in [2.05, 4.69) is 10.3 Å². The summed E-state index contributed by atoms with van der Waals surface area (Å²) in [6.45, 7) is 0. The molecule has 30 heavy (non-hydrogen) atoms. The molecule has 1 N–H and O–H groups in total. The Bertz CT molecular complexity index is 838. The number of anilines is 1. The van der Waals surface area contributed by atoms with Crippen molar-refractivity contribution in [1.82, 2.24) is 9.97 Å². The molecule has 2 aromatic rings. The summed E-state index contributed by atoms with van der Waals surface area (Å²) in [6.07, 6.45) is 14.5. The summed E-state index contributed by atoms with van der Waals surface area (Å²) in [4.78, 5) is 22.4. The van der Waals surface area contributed by atoms with Gasteiger partial charge in [-0.1, -0.05) is 38.5 Å². The quantitative estimate of drug-likeness (QED) is 0.627. The van der Waals surface area contributed by atoms with Crippen LogP contribution in [0, 0.1) is 5.92 Å². The van der Waals surface area contributed by atoms with Crippen LogP contribution in [-0.2, 0) is 4.79 Å². The minimum atomic E-state index is 0.0884. The summed E-state index contributed by atoms with van der Waals surface area (Å²) < 4.78 is 5.27. The first kappa shape index (κ1) is 20.8. The summed E-state index contributed by atoms with van der Waals surface area (Å²) >= 11 is 0. The molecule has 0 aliphatic heterocycles. The fraction of sp³-hybridized carbons (Fsp3) is 0.560. The zero-order valence-corrected chi connectivity index (χ0v) is 18.0. The lowest BCUT2D eigenvalue weighted by Gasteiger charge is -2.24. The fourth-order valence-electron chi connectivity index (χ4n) is 4.90. The molecule has 0 bridgehead atoms. The topological polar surface area (TPSA) is 64.1 Å². The Morgan fingerprint density at radius 1 is 1.00 bits per heavy atom. The number of hydrogen-bond acceptors (Lipinski definition) is 4. The van der Waals surface area contributed by atoms with Crippen molar-refractivity contribution in [2.24, 2.45) is 5.92 Å². The third-order valence-electron chi connectivity index (χ3n) is 6.63. The van der Waals surface area contributed by atoms with E-state index in [1.165, 1.54) is 51.4 Å². The Labute approximate surface area is 179 Å². The first-order valence-electron chi connectivity index (χ1n) is 11.5. The van der Waals surface area contributed by atoms with Crippen LogP contribution in [-0.4, -0.2) is 23.0 Å². The van der Waals surface area contributed by atoms with Crippen LogP contribution in [0.1, 0.15) is 82.2 Å². The molecule has 0 unspecified atom stereocenters. The zero-order valence-electron chi connectivity index (χ0n) is 18.0. The highest BCUT2D eigenvalue weighted by molar-refractivity contribution is 5.90. The normalized spacial score (nSPS) is 18.2. The Hall–Kier alpha value is -2.43. The van der Waals surface area contributed by atoms with Crippen molar-refractivity contribution in [2.75, 3.05) is 12.4 Å². The third kappa shape index (κ3) is 5.18. The van der Waals surface area contributed by atoms with Crippen LogP contribution in [0.2, 0.25) is 0 Å². The van der Waals surface area contributed by atoms with Crippen LogP contribution < -0.4 is 10.1 Å². The molecule has 5 heteroatoms. The maximum atomic E-state index is 12.7. The zero-order chi connectivity index (χ0) is 20.8. The second-order valence-corrected chi connectivity index (χ2v) is 8.81.